The van der Waals surface area contributed by atoms with Crippen LogP contribution in [0, 0.1) is 18.3 Å². The summed E-state index contributed by atoms with van der Waals surface area (Å²) in [6.07, 6.45) is 0.376. The van der Waals surface area contributed by atoms with Crippen molar-refractivity contribution in [1.29, 1.82) is 0 Å². The summed E-state index contributed by atoms with van der Waals surface area (Å²) in [4.78, 5) is 0.785. The van der Waals surface area contributed by atoms with E-state index in [0.717, 1.165) is 22.4 Å². The first-order valence-electron chi connectivity index (χ1n) is 8.73. The minimum atomic E-state index is -1.16. The molecule has 1 aliphatic rings. The van der Waals surface area contributed by atoms with Crippen molar-refractivity contribution >= 4 is 10.8 Å². The summed E-state index contributed by atoms with van der Waals surface area (Å²) in [6.45, 7) is 5.36. The first-order valence-corrected chi connectivity index (χ1v) is 10.0. The Morgan fingerprint density at radius 2 is 1.88 bits per heavy atom. The molecule has 134 valence electrons. The van der Waals surface area contributed by atoms with Gasteiger partial charge < -0.3 is 9.84 Å². The molecule has 4 atom stereocenters. The van der Waals surface area contributed by atoms with Crippen molar-refractivity contribution in [1.82, 2.24) is 0 Å². The van der Waals surface area contributed by atoms with Crippen LogP contribution in [0.4, 0.5) is 0 Å². The highest BCUT2D eigenvalue weighted by Gasteiger charge is 2.53. The van der Waals surface area contributed by atoms with Gasteiger partial charge in [0.15, 0.2) is 0 Å². The van der Waals surface area contributed by atoms with E-state index in [2.05, 4.69) is 6.92 Å². The molecule has 4 heteroatoms. The van der Waals surface area contributed by atoms with Crippen LogP contribution in [-0.2, 0) is 22.1 Å². The molecule has 0 amide bonds. The molecule has 1 fully saturated rings. The molecule has 1 N–H and O–H groups in total. The SMILES string of the molecule is Cc1ccc([S@@](=O)C[C@@H](O)[C@@H]2C[C@@]2(C)COCc2ccccc2)cc1. The van der Waals surface area contributed by atoms with E-state index in [4.69, 9.17) is 4.74 Å². The van der Waals surface area contributed by atoms with E-state index in [1.165, 1.54) is 0 Å². The number of benzene rings is 2. The fourth-order valence-corrected chi connectivity index (χ4v) is 4.42. The smallest absolute Gasteiger partial charge is 0.0717 e. The average Bonchev–Trinajstić information content (AvgIpc) is 3.28. The molecular formula is C21H26O3S. The molecule has 0 heterocycles. The van der Waals surface area contributed by atoms with Gasteiger partial charge in [-0.3, -0.25) is 4.21 Å². The monoisotopic (exact) mass is 358 g/mol. The molecule has 0 saturated heterocycles. The minimum Gasteiger partial charge on any atom is -0.392 e. The number of aliphatic hydroxyl groups is 1. The molecule has 0 aliphatic heterocycles. The van der Waals surface area contributed by atoms with E-state index in [-0.39, 0.29) is 11.3 Å². The molecule has 0 unspecified atom stereocenters. The molecule has 0 aromatic heterocycles. The molecule has 25 heavy (non-hydrogen) atoms. The van der Waals surface area contributed by atoms with Gasteiger partial charge in [-0.1, -0.05) is 55.0 Å². The zero-order valence-corrected chi connectivity index (χ0v) is 15.7. The van der Waals surface area contributed by atoms with Crippen LogP contribution in [0.1, 0.15) is 24.5 Å². The van der Waals surface area contributed by atoms with E-state index in [0.29, 0.717) is 19.0 Å². The second kappa shape index (κ2) is 7.81. The Morgan fingerprint density at radius 3 is 2.56 bits per heavy atom. The van der Waals surface area contributed by atoms with Gasteiger partial charge in [0, 0.05) is 4.90 Å². The Labute approximate surface area is 152 Å². The van der Waals surface area contributed by atoms with E-state index < -0.39 is 16.9 Å². The minimum absolute atomic E-state index is 0.00826. The van der Waals surface area contributed by atoms with Crippen molar-refractivity contribution in [3.05, 3.63) is 65.7 Å². The second-order valence-electron chi connectivity index (χ2n) is 7.34. The standard InChI is InChI=1S/C21H26O3S/c1-16-8-10-18(11-9-16)25(23)14-20(22)19-12-21(19,2)15-24-13-17-6-4-3-5-7-17/h3-11,19-20,22H,12-15H2,1-2H3/t19-,20+,21-,25-/m0/s1. The molecule has 3 nitrogen and oxygen atoms in total. The Hall–Kier alpha value is -1.49. The molecule has 2 aromatic rings. The van der Waals surface area contributed by atoms with Gasteiger partial charge in [-0.2, -0.15) is 0 Å². The third-order valence-corrected chi connectivity index (χ3v) is 6.48. The van der Waals surface area contributed by atoms with Crippen LogP contribution < -0.4 is 0 Å². The van der Waals surface area contributed by atoms with E-state index >= 15 is 0 Å². The number of ether oxygens (including phenoxy) is 1. The van der Waals surface area contributed by atoms with Crippen molar-refractivity contribution in [2.45, 2.75) is 37.9 Å². The number of aliphatic hydroxyl groups excluding tert-OH is 1. The van der Waals surface area contributed by atoms with Crippen molar-refractivity contribution in [3.63, 3.8) is 0 Å². The third-order valence-electron chi connectivity index (χ3n) is 5.04. The van der Waals surface area contributed by atoms with Crippen LogP contribution in [-0.4, -0.2) is 27.8 Å². The second-order valence-corrected chi connectivity index (χ2v) is 8.83. The Morgan fingerprint density at radius 1 is 1.20 bits per heavy atom. The number of aryl methyl sites for hydroxylation is 1. The lowest BCUT2D eigenvalue weighted by Crippen LogP contribution is -2.23. The van der Waals surface area contributed by atoms with Gasteiger partial charge in [0.2, 0.25) is 0 Å². The Kier molecular flexibility index (Phi) is 5.72. The summed E-state index contributed by atoms with van der Waals surface area (Å²) >= 11 is 0. The zero-order valence-electron chi connectivity index (χ0n) is 14.9. The normalized spacial score (nSPS) is 24.7. The van der Waals surface area contributed by atoms with Crippen LogP contribution in [0.15, 0.2) is 59.5 Å². The van der Waals surface area contributed by atoms with Crippen LogP contribution in [0.25, 0.3) is 0 Å². The summed E-state index contributed by atoms with van der Waals surface area (Å²) in [6, 6.07) is 17.8. The lowest BCUT2D eigenvalue weighted by Gasteiger charge is -2.16. The number of rotatable bonds is 8. The fraction of sp³-hybridized carbons (Fsp3) is 0.429. The maximum absolute atomic E-state index is 12.4. The highest BCUT2D eigenvalue weighted by Crippen LogP contribution is 2.54. The summed E-state index contributed by atoms with van der Waals surface area (Å²) in [5.41, 5.74) is 2.29. The summed E-state index contributed by atoms with van der Waals surface area (Å²) < 4.78 is 18.3. The molecule has 0 spiro atoms. The first-order chi connectivity index (χ1) is 12.0. The molecular weight excluding hydrogens is 332 g/mol. The molecule has 0 bridgehead atoms. The van der Waals surface area contributed by atoms with Crippen LogP contribution >= 0.6 is 0 Å². The highest BCUT2D eigenvalue weighted by molar-refractivity contribution is 7.85. The average molecular weight is 359 g/mol. The number of hydrogen-bond donors (Lipinski definition) is 1. The van der Waals surface area contributed by atoms with Crippen molar-refractivity contribution < 1.29 is 14.1 Å². The van der Waals surface area contributed by atoms with Crippen molar-refractivity contribution in [3.8, 4) is 0 Å². The van der Waals surface area contributed by atoms with E-state index in [9.17, 15) is 9.32 Å². The van der Waals surface area contributed by atoms with Gasteiger partial charge in [0.05, 0.1) is 35.9 Å². The lowest BCUT2D eigenvalue weighted by atomic mass is 10.1. The van der Waals surface area contributed by atoms with Gasteiger partial charge >= 0.3 is 0 Å². The Balaban J connectivity index is 1.46. The molecule has 1 aliphatic carbocycles. The number of hydrogen-bond acceptors (Lipinski definition) is 3. The van der Waals surface area contributed by atoms with E-state index in [1.807, 2.05) is 61.5 Å². The first kappa shape index (κ1) is 18.3. The molecule has 1 saturated carbocycles. The van der Waals surface area contributed by atoms with Crippen LogP contribution in [0.2, 0.25) is 0 Å². The van der Waals surface area contributed by atoms with Gasteiger partial charge in [-0.15, -0.1) is 0 Å². The van der Waals surface area contributed by atoms with Gasteiger partial charge in [0.25, 0.3) is 0 Å². The lowest BCUT2D eigenvalue weighted by molar-refractivity contribution is 0.0634. The predicted octanol–water partition coefficient (Wildman–Crippen LogP) is 3.71. The summed E-state index contributed by atoms with van der Waals surface area (Å²) in [5.74, 6) is 0.458. The van der Waals surface area contributed by atoms with Gasteiger partial charge in [0.1, 0.15) is 0 Å². The largest absolute Gasteiger partial charge is 0.392 e. The van der Waals surface area contributed by atoms with Crippen molar-refractivity contribution in [2.75, 3.05) is 12.4 Å². The fourth-order valence-electron chi connectivity index (χ4n) is 3.24. The highest BCUT2D eigenvalue weighted by atomic mass is 32.2. The summed E-state index contributed by atoms with van der Waals surface area (Å²) in [7, 11) is -1.16. The molecule has 3 rings (SSSR count). The summed E-state index contributed by atoms with van der Waals surface area (Å²) in [5, 5.41) is 10.5. The topological polar surface area (TPSA) is 46.5 Å². The quantitative estimate of drug-likeness (QED) is 0.782. The zero-order chi connectivity index (χ0) is 17.9. The maximum atomic E-state index is 12.4. The Bertz CT molecular complexity index is 714. The molecule has 0 radical (unpaired) electrons. The van der Waals surface area contributed by atoms with Crippen molar-refractivity contribution in [2.24, 2.45) is 11.3 Å². The van der Waals surface area contributed by atoms with E-state index in [1.54, 1.807) is 0 Å². The van der Waals surface area contributed by atoms with Crippen LogP contribution in [0.5, 0.6) is 0 Å². The van der Waals surface area contributed by atoms with Gasteiger partial charge in [-0.25, -0.2) is 0 Å². The maximum Gasteiger partial charge on any atom is 0.0717 e. The molecule has 2 aromatic carbocycles. The van der Waals surface area contributed by atoms with Gasteiger partial charge in [-0.05, 0) is 42.4 Å². The third kappa shape index (κ3) is 4.78. The van der Waals surface area contributed by atoms with Crippen LogP contribution in [0.3, 0.4) is 0 Å². The predicted molar refractivity (Wildman–Crippen MR) is 101 cm³/mol.